The maximum Gasteiger partial charge on any atom is 0.274 e. The van der Waals surface area contributed by atoms with Crippen molar-refractivity contribution in [2.45, 2.75) is 44.3 Å². The molecule has 0 spiro atoms. The number of carbonyl (C=O) groups excluding carboxylic acids is 2. The summed E-state index contributed by atoms with van der Waals surface area (Å²) >= 11 is 0. The zero-order valence-corrected chi connectivity index (χ0v) is 15.1. The molecule has 0 bridgehead atoms. The molecule has 2 fully saturated rings. The van der Waals surface area contributed by atoms with E-state index in [2.05, 4.69) is 9.97 Å². The average Bonchev–Trinajstić information content (AvgIpc) is 3.03. The number of rotatable bonds is 3. The molecule has 2 amide bonds. The fourth-order valence-corrected chi connectivity index (χ4v) is 4.33. The molecule has 0 unspecified atom stereocenters. The summed E-state index contributed by atoms with van der Waals surface area (Å²) in [4.78, 5) is 37.2. The first kappa shape index (κ1) is 17.6. The van der Waals surface area contributed by atoms with Gasteiger partial charge in [0, 0.05) is 37.5 Å². The largest absolute Gasteiger partial charge is 0.332 e. The number of fused-ring (bicyclic) bond motifs is 1. The highest BCUT2D eigenvalue weighted by Crippen LogP contribution is 2.41. The topological polar surface area (TPSA) is 66.4 Å². The SMILES string of the molecule is C[C@]12CCN(C(=O)c3cnccn3)[C@H]1CCC(=O)N2Cc1ccccc1F. The van der Waals surface area contributed by atoms with E-state index in [9.17, 15) is 14.0 Å². The van der Waals surface area contributed by atoms with Crippen molar-refractivity contribution in [3.05, 3.63) is 59.9 Å². The van der Waals surface area contributed by atoms with Gasteiger partial charge in [-0.05, 0) is 25.8 Å². The van der Waals surface area contributed by atoms with Crippen molar-refractivity contribution in [2.75, 3.05) is 6.54 Å². The van der Waals surface area contributed by atoms with Gasteiger partial charge in [-0.1, -0.05) is 18.2 Å². The molecule has 6 nitrogen and oxygen atoms in total. The van der Waals surface area contributed by atoms with Gasteiger partial charge in [-0.15, -0.1) is 0 Å². The molecule has 2 saturated heterocycles. The van der Waals surface area contributed by atoms with Gasteiger partial charge >= 0.3 is 0 Å². The van der Waals surface area contributed by atoms with Crippen molar-refractivity contribution in [1.29, 1.82) is 0 Å². The molecule has 27 heavy (non-hydrogen) atoms. The van der Waals surface area contributed by atoms with Gasteiger partial charge in [0.15, 0.2) is 0 Å². The molecule has 1 aromatic carbocycles. The van der Waals surface area contributed by atoms with Crippen molar-refractivity contribution < 1.29 is 14.0 Å². The number of likely N-dealkylation sites (tertiary alicyclic amines) is 2. The Hall–Kier alpha value is -2.83. The lowest BCUT2D eigenvalue weighted by Gasteiger charge is -2.47. The standard InChI is InChI=1S/C20H21FN4O2/c1-20-8-11-24(19(27)16-12-22-9-10-23-16)17(20)6-7-18(26)25(20)13-14-4-2-3-5-15(14)21/h2-5,9-10,12,17H,6-8,11,13H2,1H3/t17-,20-/m0/s1. The molecule has 1 aromatic heterocycles. The lowest BCUT2D eigenvalue weighted by molar-refractivity contribution is -0.144. The normalized spacial score (nSPS) is 24.8. The molecular formula is C20H21FN4O2. The van der Waals surface area contributed by atoms with Crippen LogP contribution in [0.3, 0.4) is 0 Å². The summed E-state index contributed by atoms with van der Waals surface area (Å²) in [5.41, 5.74) is 0.279. The summed E-state index contributed by atoms with van der Waals surface area (Å²) in [6.07, 6.45) is 6.10. The molecule has 0 radical (unpaired) electrons. The quantitative estimate of drug-likeness (QED) is 0.835. The number of piperidine rings is 1. The van der Waals surface area contributed by atoms with Crippen molar-refractivity contribution in [1.82, 2.24) is 19.8 Å². The van der Waals surface area contributed by atoms with E-state index in [1.54, 1.807) is 28.0 Å². The van der Waals surface area contributed by atoms with Gasteiger partial charge in [0.05, 0.1) is 17.8 Å². The molecule has 2 aliphatic heterocycles. The number of hydrogen-bond donors (Lipinski definition) is 0. The molecule has 0 N–H and O–H groups in total. The van der Waals surface area contributed by atoms with Gasteiger partial charge in [0.1, 0.15) is 11.5 Å². The van der Waals surface area contributed by atoms with E-state index in [1.807, 2.05) is 6.92 Å². The van der Waals surface area contributed by atoms with E-state index >= 15 is 0 Å². The van der Waals surface area contributed by atoms with Crippen LogP contribution >= 0.6 is 0 Å². The Kier molecular flexibility index (Phi) is 4.37. The number of halogens is 1. The Morgan fingerprint density at radius 3 is 2.89 bits per heavy atom. The third kappa shape index (κ3) is 2.97. The minimum atomic E-state index is -0.518. The smallest absolute Gasteiger partial charge is 0.274 e. The fraction of sp³-hybridized carbons (Fsp3) is 0.400. The Morgan fingerprint density at radius 1 is 1.33 bits per heavy atom. The first-order chi connectivity index (χ1) is 13.0. The van der Waals surface area contributed by atoms with Gasteiger partial charge in [-0.3, -0.25) is 14.6 Å². The average molecular weight is 368 g/mol. The summed E-state index contributed by atoms with van der Waals surface area (Å²) in [7, 11) is 0. The zero-order valence-electron chi connectivity index (χ0n) is 15.1. The second-order valence-corrected chi connectivity index (χ2v) is 7.32. The van der Waals surface area contributed by atoms with Gasteiger partial charge in [0.2, 0.25) is 5.91 Å². The minimum absolute atomic E-state index is 0.00537. The van der Waals surface area contributed by atoms with Crippen LogP contribution in [0, 0.1) is 5.82 Å². The van der Waals surface area contributed by atoms with Crippen LogP contribution in [0.2, 0.25) is 0 Å². The van der Waals surface area contributed by atoms with E-state index in [0.717, 1.165) is 0 Å². The summed E-state index contributed by atoms with van der Waals surface area (Å²) < 4.78 is 14.1. The maximum atomic E-state index is 14.1. The van der Waals surface area contributed by atoms with Crippen LogP contribution in [-0.2, 0) is 11.3 Å². The lowest BCUT2D eigenvalue weighted by Crippen LogP contribution is -2.60. The molecule has 2 aliphatic rings. The van der Waals surface area contributed by atoms with Crippen molar-refractivity contribution >= 4 is 11.8 Å². The predicted octanol–water partition coefficient (Wildman–Crippen LogP) is 2.41. The first-order valence-corrected chi connectivity index (χ1v) is 9.11. The summed E-state index contributed by atoms with van der Waals surface area (Å²) in [5, 5.41) is 0. The molecule has 3 heterocycles. The number of hydrogen-bond acceptors (Lipinski definition) is 4. The molecule has 140 valence electrons. The van der Waals surface area contributed by atoms with Gasteiger partial charge < -0.3 is 9.80 Å². The predicted molar refractivity (Wildman–Crippen MR) is 96.1 cm³/mol. The highest BCUT2D eigenvalue weighted by molar-refractivity contribution is 5.93. The highest BCUT2D eigenvalue weighted by Gasteiger charge is 2.53. The molecule has 4 rings (SSSR count). The fourth-order valence-electron chi connectivity index (χ4n) is 4.33. The third-order valence-electron chi connectivity index (χ3n) is 5.83. The highest BCUT2D eigenvalue weighted by atomic mass is 19.1. The number of benzene rings is 1. The molecule has 0 saturated carbocycles. The molecular weight excluding hydrogens is 347 g/mol. The van der Waals surface area contributed by atoms with Crippen LogP contribution in [-0.4, -0.2) is 49.7 Å². The van der Waals surface area contributed by atoms with Crippen molar-refractivity contribution in [2.24, 2.45) is 0 Å². The van der Waals surface area contributed by atoms with Crippen molar-refractivity contribution in [3.8, 4) is 0 Å². The summed E-state index contributed by atoms with van der Waals surface area (Å²) in [6, 6.07) is 6.40. The second-order valence-electron chi connectivity index (χ2n) is 7.32. The molecule has 7 heteroatoms. The molecule has 2 atom stereocenters. The molecule has 2 aromatic rings. The summed E-state index contributed by atoms with van der Waals surface area (Å²) in [5.74, 6) is -0.482. The van der Waals surface area contributed by atoms with Crippen LogP contribution < -0.4 is 0 Å². The van der Waals surface area contributed by atoms with Gasteiger partial charge in [0.25, 0.3) is 5.91 Å². The Labute approximate surface area is 157 Å². The number of nitrogens with zero attached hydrogens (tertiary/aromatic N) is 4. The monoisotopic (exact) mass is 368 g/mol. The zero-order chi connectivity index (χ0) is 19.0. The van der Waals surface area contributed by atoms with E-state index in [0.29, 0.717) is 37.1 Å². The lowest BCUT2D eigenvalue weighted by atomic mass is 9.83. The van der Waals surface area contributed by atoms with E-state index < -0.39 is 5.54 Å². The van der Waals surface area contributed by atoms with Gasteiger partial charge in [-0.25, -0.2) is 9.37 Å². The Bertz CT molecular complexity index is 875. The first-order valence-electron chi connectivity index (χ1n) is 9.11. The van der Waals surface area contributed by atoms with Crippen LogP contribution in [0.15, 0.2) is 42.9 Å². The van der Waals surface area contributed by atoms with Crippen LogP contribution in [0.4, 0.5) is 4.39 Å². The molecule has 0 aliphatic carbocycles. The van der Waals surface area contributed by atoms with Gasteiger partial charge in [-0.2, -0.15) is 0 Å². The number of carbonyl (C=O) groups is 2. The Morgan fingerprint density at radius 2 is 2.15 bits per heavy atom. The number of amides is 2. The van der Waals surface area contributed by atoms with E-state index in [-0.39, 0.29) is 30.2 Å². The minimum Gasteiger partial charge on any atom is -0.332 e. The number of aromatic nitrogens is 2. The third-order valence-corrected chi connectivity index (χ3v) is 5.83. The van der Waals surface area contributed by atoms with Crippen LogP contribution in [0.1, 0.15) is 42.2 Å². The maximum absolute atomic E-state index is 14.1. The van der Waals surface area contributed by atoms with E-state index in [4.69, 9.17) is 0 Å². The van der Waals surface area contributed by atoms with Crippen molar-refractivity contribution in [3.63, 3.8) is 0 Å². The second kappa shape index (κ2) is 6.72. The van der Waals surface area contributed by atoms with Crippen LogP contribution in [0.5, 0.6) is 0 Å². The van der Waals surface area contributed by atoms with E-state index in [1.165, 1.54) is 24.7 Å². The summed E-state index contributed by atoms with van der Waals surface area (Å²) in [6.45, 7) is 2.75. The Balaban J connectivity index is 1.62. The van der Waals surface area contributed by atoms with Crippen LogP contribution in [0.25, 0.3) is 0 Å².